The first kappa shape index (κ1) is 12.2. The third kappa shape index (κ3) is 2.52. The van der Waals surface area contributed by atoms with Crippen molar-refractivity contribution in [2.75, 3.05) is 0 Å². The SMILES string of the molecule is CCC(C)c1ccc(Cl)cc1-n1ccc(C)n1. The minimum Gasteiger partial charge on any atom is -0.240 e. The second kappa shape index (κ2) is 4.92. The Balaban J connectivity index is 2.54. The summed E-state index contributed by atoms with van der Waals surface area (Å²) in [5.41, 5.74) is 3.39. The summed E-state index contributed by atoms with van der Waals surface area (Å²) in [4.78, 5) is 0. The van der Waals surface area contributed by atoms with Crippen molar-refractivity contribution in [2.24, 2.45) is 0 Å². The van der Waals surface area contributed by atoms with Gasteiger partial charge in [0.2, 0.25) is 0 Å². The minimum absolute atomic E-state index is 0.506. The first-order valence-electron chi connectivity index (χ1n) is 5.94. The lowest BCUT2D eigenvalue weighted by Crippen LogP contribution is -2.03. The van der Waals surface area contributed by atoms with Gasteiger partial charge in [-0.15, -0.1) is 0 Å². The molecule has 2 aromatic rings. The maximum atomic E-state index is 6.08. The monoisotopic (exact) mass is 248 g/mol. The van der Waals surface area contributed by atoms with Crippen molar-refractivity contribution < 1.29 is 0 Å². The summed E-state index contributed by atoms with van der Waals surface area (Å²) in [7, 11) is 0. The summed E-state index contributed by atoms with van der Waals surface area (Å²) in [6.45, 7) is 6.41. The maximum absolute atomic E-state index is 6.08. The Morgan fingerprint density at radius 2 is 2.12 bits per heavy atom. The first-order valence-corrected chi connectivity index (χ1v) is 6.31. The van der Waals surface area contributed by atoms with Crippen LogP contribution in [0.1, 0.15) is 37.4 Å². The zero-order valence-corrected chi connectivity index (χ0v) is 11.2. The summed E-state index contributed by atoms with van der Waals surface area (Å²) in [6.07, 6.45) is 3.09. The molecule has 2 rings (SSSR count). The molecule has 0 saturated heterocycles. The zero-order valence-electron chi connectivity index (χ0n) is 10.4. The summed E-state index contributed by atoms with van der Waals surface area (Å²) >= 11 is 6.08. The van der Waals surface area contributed by atoms with Crippen LogP contribution in [-0.4, -0.2) is 9.78 Å². The van der Waals surface area contributed by atoms with Gasteiger partial charge in [0.15, 0.2) is 0 Å². The van der Waals surface area contributed by atoms with E-state index in [1.807, 2.05) is 36.0 Å². The Labute approximate surface area is 107 Å². The normalized spacial score (nSPS) is 12.7. The van der Waals surface area contributed by atoms with Gasteiger partial charge in [-0.2, -0.15) is 5.10 Å². The fraction of sp³-hybridized carbons (Fsp3) is 0.357. The quantitative estimate of drug-likeness (QED) is 0.790. The highest BCUT2D eigenvalue weighted by atomic mass is 35.5. The van der Waals surface area contributed by atoms with Crippen molar-refractivity contribution in [3.63, 3.8) is 0 Å². The number of hydrogen-bond acceptors (Lipinski definition) is 1. The molecule has 3 heteroatoms. The number of aromatic nitrogens is 2. The van der Waals surface area contributed by atoms with Gasteiger partial charge in [-0.3, -0.25) is 0 Å². The van der Waals surface area contributed by atoms with Crippen molar-refractivity contribution >= 4 is 11.6 Å². The Morgan fingerprint density at radius 3 is 2.71 bits per heavy atom. The van der Waals surface area contributed by atoms with Gasteiger partial charge in [0.05, 0.1) is 11.4 Å². The highest BCUT2D eigenvalue weighted by Gasteiger charge is 2.11. The Kier molecular flexibility index (Phi) is 3.53. The van der Waals surface area contributed by atoms with Crippen molar-refractivity contribution in [3.8, 4) is 5.69 Å². The van der Waals surface area contributed by atoms with E-state index in [9.17, 15) is 0 Å². The Hall–Kier alpha value is -1.28. The molecule has 0 radical (unpaired) electrons. The third-order valence-electron chi connectivity index (χ3n) is 3.11. The van der Waals surface area contributed by atoms with E-state index in [2.05, 4.69) is 25.0 Å². The maximum Gasteiger partial charge on any atom is 0.0695 e. The predicted molar refractivity (Wildman–Crippen MR) is 72.0 cm³/mol. The van der Waals surface area contributed by atoms with Gasteiger partial charge in [0, 0.05) is 11.2 Å². The van der Waals surface area contributed by atoms with E-state index >= 15 is 0 Å². The van der Waals surface area contributed by atoms with Gasteiger partial charge in [-0.05, 0) is 43.0 Å². The fourth-order valence-electron chi connectivity index (χ4n) is 1.90. The fourth-order valence-corrected chi connectivity index (χ4v) is 2.07. The number of benzene rings is 1. The second-order valence-corrected chi connectivity index (χ2v) is 4.85. The van der Waals surface area contributed by atoms with E-state index < -0.39 is 0 Å². The van der Waals surface area contributed by atoms with E-state index in [1.54, 1.807) is 0 Å². The van der Waals surface area contributed by atoms with Gasteiger partial charge in [0.1, 0.15) is 0 Å². The second-order valence-electron chi connectivity index (χ2n) is 4.41. The molecular formula is C14H17ClN2. The summed E-state index contributed by atoms with van der Waals surface area (Å²) in [6, 6.07) is 8.03. The number of hydrogen-bond donors (Lipinski definition) is 0. The van der Waals surface area contributed by atoms with E-state index in [-0.39, 0.29) is 0 Å². The molecule has 0 N–H and O–H groups in total. The molecule has 1 atom stereocenters. The molecule has 0 bridgehead atoms. The zero-order chi connectivity index (χ0) is 12.4. The number of nitrogens with zero attached hydrogens (tertiary/aromatic N) is 2. The molecule has 0 spiro atoms. The average Bonchev–Trinajstić information content (AvgIpc) is 2.75. The molecule has 1 aromatic heterocycles. The first-order chi connectivity index (χ1) is 8.11. The number of halogens is 1. The topological polar surface area (TPSA) is 17.8 Å². The predicted octanol–water partition coefficient (Wildman–Crippen LogP) is 4.35. The molecule has 90 valence electrons. The van der Waals surface area contributed by atoms with Gasteiger partial charge < -0.3 is 0 Å². The molecule has 1 heterocycles. The standard InChI is InChI=1S/C14H17ClN2/c1-4-10(2)13-6-5-12(15)9-14(13)17-8-7-11(3)16-17/h5-10H,4H2,1-3H3. The molecule has 1 aromatic carbocycles. The minimum atomic E-state index is 0.506. The van der Waals surface area contributed by atoms with Crippen LogP contribution >= 0.6 is 11.6 Å². The van der Waals surface area contributed by atoms with Crippen LogP contribution < -0.4 is 0 Å². The molecule has 0 aliphatic heterocycles. The lowest BCUT2D eigenvalue weighted by atomic mass is 9.97. The molecule has 17 heavy (non-hydrogen) atoms. The van der Waals surface area contributed by atoms with Crippen LogP contribution in [0.2, 0.25) is 5.02 Å². The smallest absolute Gasteiger partial charge is 0.0695 e. The summed E-state index contributed by atoms with van der Waals surface area (Å²) < 4.78 is 1.91. The summed E-state index contributed by atoms with van der Waals surface area (Å²) in [5.74, 6) is 0.506. The van der Waals surface area contributed by atoms with Crippen LogP contribution in [-0.2, 0) is 0 Å². The molecule has 0 fully saturated rings. The molecule has 0 amide bonds. The van der Waals surface area contributed by atoms with Crippen LogP contribution in [0.3, 0.4) is 0 Å². The largest absolute Gasteiger partial charge is 0.240 e. The average molecular weight is 249 g/mol. The van der Waals surface area contributed by atoms with Gasteiger partial charge in [-0.1, -0.05) is 31.5 Å². The van der Waals surface area contributed by atoms with Crippen LogP contribution in [0.5, 0.6) is 0 Å². The van der Waals surface area contributed by atoms with Crippen LogP contribution in [0.15, 0.2) is 30.5 Å². The van der Waals surface area contributed by atoms with Crippen molar-refractivity contribution in [3.05, 3.63) is 46.7 Å². The van der Waals surface area contributed by atoms with Crippen molar-refractivity contribution in [1.29, 1.82) is 0 Å². The molecule has 0 aliphatic carbocycles. The molecular weight excluding hydrogens is 232 g/mol. The lowest BCUT2D eigenvalue weighted by molar-refractivity contribution is 0.716. The van der Waals surface area contributed by atoms with Gasteiger partial charge in [0.25, 0.3) is 0 Å². The van der Waals surface area contributed by atoms with Gasteiger partial charge in [-0.25, -0.2) is 4.68 Å². The van der Waals surface area contributed by atoms with Crippen molar-refractivity contribution in [2.45, 2.75) is 33.1 Å². The van der Waals surface area contributed by atoms with E-state index in [1.165, 1.54) is 5.56 Å². The van der Waals surface area contributed by atoms with Gasteiger partial charge >= 0.3 is 0 Å². The van der Waals surface area contributed by atoms with Crippen LogP contribution in [0.25, 0.3) is 5.69 Å². The van der Waals surface area contributed by atoms with E-state index in [0.717, 1.165) is 22.8 Å². The number of rotatable bonds is 3. The summed E-state index contributed by atoms with van der Waals surface area (Å²) in [5, 5.41) is 5.21. The third-order valence-corrected chi connectivity index (χ3v) is 3.34. The molecule has 0 saturated carbocycles. The lowest BCUT2D eigenvalue weighted by Gasteiger charge is -2.15. The van der Waals surface area contributed by atoms with Crippen molar-refractivity contribution in [1.82, 2.24) is 9.78 Å². The highest BCUT2D eigenvalue weighted by Crippen LogP contribution is 2.28. The highest BCUT2D eigenvalue weighted by molar-refractivity contribution is 6.30. The molecule has 1 unspecified atom stereocenters. The Bertz CT molecular complexity index is 517. The Morgan fingerprint density at radius 1 is 1.35 bits per heavy atom. The molecule has 2 nitrogen and oxygen atoms in total. The number of aryl methyl sites for hydroxylation is 1. The van der Waals surface area contributed by atoms with Crippen LogP contribution in [0, 0.1) is 6.92 Å². The van der Waals surface area contributed by atoms with E-state index in [4.69, 9.17) is 11.6 Å². The van der Waals surface area contributed by atoms with Crippen LogP contribution in [0.4, 0.5) is 0 Å². The van der Waals surface area contributed by atoms with E-state index in [0.29, 0.717) is 5.92 Å². The molecule has 0 aliphatic rings.